The minimum atomic E-state index is -1.02. The maximum atomic E-state index is 12.0. The molecule has 1 aromatic heterocycles. The van der Waals surface area contributed by atoms with E-state index in [9.17, 15) is 9.59 Å². The lowest BCUT2D eigenvalue weighted by Gasteiger charge is -2.06. The van der Waals surface area contributed by atoms with Gasteiger partial charge in [0.05, 0.1) is 5.56 Å². The van der Waals surface area contributed by atoms with E-state index in [1.165, 1.54) is 16.8 Å². The highest BCUT2D eigenvalue weighted by molar-refractivity contribution is 7.99. The molecule has 0 spiro atoms. The van der Waals surface area contributed by atoms with Crippen LogP contribution in [0.1, 0.15) is 17.3 Å². The van der Waals surface area contributed by atoms with Gasteiger partial charge >= 0.3 is 5.97 Å². The summed E-state index contributed by atoms with van der Waals surface area (Å²) in [6.07, 6.45) is 3.14. The van der Waals surface area contributed by atoms with Crippen LogP contribution in [-0.4, -0.2) is 20.6 Å². The number of carboxylic acids is 1. The molecule has 0 aliphatic heterocycles. The largest absolute Gasteiger partial charge is 0.478 e. The first-order chi connectivity index (χ1) is 9.13. The van der Waals surface area contributed by atoms with Crippen LogP contribution in [0.15, 0.2) is 51.4 Å². The molecule has 2 rings (SSSR count). The van der Waals surface area contributed by atoms with Gasteiger partial charge in [0.15, 0.2) is 5.03 Å². The van der Waals surface area contributed by atoms with Crippen LogP contribution in [0.25, 0.3) is 0 Å². The van der Waals surface area contributed by atoms with E-state index in [2.05, 4.69) is 4.98 Å². The second-order valence-corrected chi connectivity index (χ2v) is 4.76. The first kappa shape index (κ1) is 13.4. The topological polar surface area (TPSA) is 72.2 Å². The molecule has 1 N–H and O–H groups in total. The molecule has 0 amide bonds. The molecule has 1 aromatic carbocycles. The third kappa shape index (κ3) is 2.85. The summed E-state index contributed by atoms with van der Waals surface area (Å²) in [5.74, 6) is -1.02. The van der Waals surface area contributed by atoms with Crippen molar-refractivity contribution in [2.75, 3.05) is 0 Å². The second-order valence-electron chi connectivity index (χ2n) is 3.73. The van der Waals surface area contributed by atoms with Crippen LogP contribution in [0.3, 0.4) is 0 Å². The molecule has 0 saturated carbocycles. The standard InChI is InChI=1S/C13H12N2O3S/c1-2-15-8-7-14-11(12(15)16)19-10-6-4-3-5-9(10)13(17)18/h3-8H,2H2,1H3,(H,17,18). The van der Waals surface area contributed by atoms with Gasteiger partial charge < -0.3 is 9.67 Å². The third-order valence-corrected chi connectivity index (χ3v) is 3.60. The Kier molecular flexibility index (Phi) is 4.01. The van der Waals surface area contributed by atoms with Gasteiger partial charge in [-0.1, -0.05) is 23.9 Å². The minimum Gasteiger partial charge on any atom is -0.478 e. The van der Waals surface area contributed by atoms with Gasteiger partial charge in [-0.25, -0.2) is 9.78 Å². The number of hydrogen-bond donors (Lipinski definition) is 1. The van der Waals surface area contributed by atoms with E-state index >= 15 is 0 Å². The van der Waals surface area contributed by atoms with Gasteiger partial charge in [-0.15, -0.1) is 0 Å². The average molecular weight is 276 g/mol. The SMILES string of the molecule is CCn1ccnc(Sc2ccccc2C(=O)O)c1=O. The lowest BCUT2D eigenvalue weighted by Crippen LogP contribution is -2.21. The summed E-state index contributed by atoms with van der Waals surface area (Å²) in [5.41, 5.74) is -0.0456. The summed E-state index contributed by atoms with van der Waals surface area (Å²) in [5, 5.41) is 9.37. The average Bonchev–Trinajstić information content (AvgIpc) is 2.41. The maximum absolute atomic E-state index is 12.0. The molecule has 0 atom stereocenters. The first-order valence-electron chi connectivity index (χ1n) is 5.69. The zero-order valence-electron chi connectivity index (χ0n) is 10.2. The quantitative estimate of drug-likeness (QED) is 0.926. The van der Waals surface area contributed by atoms with Gasteiger partial charge in [0.1, 0.15) is 0 Å². The van der Waals surface area contributed by atoms with E-state index in [4.69, 9.17) is 5.11 Å². The molecule has 6 heteroatoms. The van der Waals surface area contributed by atoms with Gasteiger partial charge in [0.2, 0.25) is 0 Å². The fourth-order valence-corrected chi connectivity index (χ4v) is 2.52. The van der Waals surface area contributed by atoms with E-state index in [1.54, 1.807) is 24.4 Å². The van der Waals surface area contributed by atoms with Crippen molar-refractivity contribution in [3.05, 3.63) is 52.6 Å². The number of aromatic nitrogens is 2. The van der Waals surface area contributed by atoms with Crippen molar-refractivity contribution in [2.24, 2.45) is 0 Å². The number of carbonyl (C=O) groups is 1. The molecule has 0 saturated heterocycles. The highest BCUT2D eigenvalue weighted by Gasteiger charge is 2.13. The number of aromatic carboxylic acids is 1. The van der Waals surface area contributed by atoms with E-state index in [0.717, 1.165) is 11.8 Å². The Morgan fingerprint density at radius 3 is 2.84 bits per heavy atom. The lowest BCUT2D eigenvalue weighted by atomic mass is 10.2. The molecule has 0 unspecified atom stereocenters. The Balaban J connectivity index is 2.42. The Labute approximate surface area is 113 Å². The Hall–Kier alpha value is -2.08. The monoisotopic (exact) mass is 276 g/mol. The van der Waals surface area contributed by atoms with Crippen molar-refractivity contribution in [1.82, 2.24) is 9.55 Å². The first-order valence-corrected chi connectivity index (χ1v) is 6.50. The molecule has 0 aliphatic carbocycles. The highest BCUT2D eigenvalue weighted by atomic mass is 32.2. The highest BCUT2D eigenvalue weighted by Crippen LogP contribution is 2.26. The summed E-state index contributed by atoms with van der Waals surface area (Å²) in [4.78, 5) is 27.6. The fourth-order valence-electron chi connectivity index (χ4n) is 1.58. The summed E-state index contributed by atoms with van der Waals surface area (Å²) in [6.45, 7) is 2.41. The van der Waals surface area contributed by atoms with Crippen molar-refractivity contribution in [1.29, 1.82) is 0 Å². The van der Waals surface area contributed by atoms with Gasteiger partial charge in [0, 0.05) is 23.8 Å². The number of aryl methyl sites for hydroxylation is 1. The normalized spacial score (nSPS) is 10.4. The molecule has 0 aliphatic rings. The third-order valence-electron chi connectivity index (χ3n) is 2.55. The van der Waals surface area contributed by atoms with E-state index in [-0.39, 0.29) is 16.1 Å². The van der Waals surface area contributed by atoms with E-state index < -0.39 is 5.97 Å². The molecular weight excluding hydrogens is 264 g/mol. The van der Waals surface area contributed by atoms with E-state index in [1.807, 2.05) is 6.92 Å². The molecule has 1 heterocycles. The molecule has 0 bridgehead atoms. The number of nitrogens with zero attached hydrogens (tertiary/aromatic N) is 2. The Morgan fingerprint density at radius 1 is 1.42 bits per heavy atom. The van der Waals surface area contributed by atoms with Gasteiger partial charge in [-0.3, -0.25) is 4.79 Å². The van der Waals surface area contributed by atoms with Crippen molar-refractivity contribution >= 4 is 17.7 Å². The van der Waals surface area contributed by atoms with Crippen LogP contribution < -0.4 is 5.56 Å². The Morgan fingerprint density at radius 2 is 2.16 bits per heavy atom. The molecule has 0 fully saturated rings. The smallest absolute Gasteiger partial charge is 0.336 e. The van der Waals surface area contributed by atoms with Gasteiger partial charge in [-0.2, -0.15) is 0 Å². The van der Waals surface area contributed by atoms with Crippen molar-refractivity contribution in [3.8, 4) is 0 Å². The molecule has 0 radical (unpaired) electrons. The number of hydrogen-bond acceptors (Lipinski definition) is 4. The van der Waals surface area contributed by atoms with Crippen LogP contribution in [0.5, 0.6) is 0 Å². The number of carboxylic acid groups (broad SMARTS) is 1. The Bertz CT molecular complexity index is 667. The summed E-state index contributed by atoms with van der Waals surface area (Å²) in [6, 6.07) is 6.55. The van der Waals surface area contributed by atoms with Gasteiger partial charge in [0.25, 0.3) is 5.56 Å². The summed E-state index contributed by atoms with van der Waals surface area (Å²) in [7, 11) is 0. The second kappa shape index (κ2) is 5.71. The lowest BCUT2D eigenvalue weighted by molar-refractivity contribution is 0.0693. The fraction of sp³-hybridized carbons (Fsp3) is 0.154. The molecule has 2 aromatic rings. The van der Waals surface area contributed by atoms with Crippen LogP contribution in [0.2, 0.25) is 0 Å². The van der Waals surface area contributed by atoms with Gasteiger partial charge in [-0.05, 0) is 19.1 Å². The maximum Gasteiger partial charge on any atom is 0.336 e. The van der Waals surface area contributed by atoms with Crippen LogP contribution >= 0.6 is 11.8 Å². The van der Waals surface area contributed by atoms with Crippen molar-refractivity contribution in [2.45, 2.75) is 23.4 Å². The van der Waals surface area contributed by atoms with Crippen molar-refractivity contribution < 1.29 is 9.90 Å². The molecule has 19 heavy (non-hydrogen) atoms. The van der Waals surface area contributed by atoms with Crippen LogP contribution in [0.4, 0.5) is 0 Å². The predicted octanol–water partition coefficient (Wildman–Crippen LogP) is 2.11. The van der Waals surface area contributed by atoms with Crippen molar-refractivity contribution in [3.63, 3.8) is 0 Å². The predicted molar refractivity (Wildman–Crippen MR) is 71.7 cm³/mol. The minimum absolute atomic E-state index is 0.167. The zero-order chi connectivity index (χ0) is 13.8. The summed E-state index contributed by atoms with van der Waals surface area (Å²) >= 11 is 1.07. The summed E-state index contributed by atoms with van der Waals surface area (Å²) < 4.78 is 1.53. The zero-order valence-corrected chi connectivity index (χ0v) is 11.1. The number of benzene rings is 1. The van der Waals surface area contributed by atoms with Crippen LogP contribution in [0, 0.1) is 0 Å². The molecule has 98 valence electrons. The molecular formula is C13H12N2O3S. The van der Waals surface area contributed by atoms with E-state index in [0.29, 0.717) is 11.4 Å². The van der Waals surface area contributed by atoms with Crippen LogP contribution in [-0.2, 0) is 6.54 Å². The molecule has 5 nitrogen and oxygen atoms in total. The number of rotatable bonds is 4.